The molecule has 2 heterocycles. The first-order valence-electron chi connectivity index (χ1n) is 9.51. The van der Waals surface area contributed by atoms with Crippen molar-refractivity contribution in [3.8, 4) is 11.5 Å². The number of hydrogen-bond acceptors (Lipinski definition) is 6. The molecule has 2 aromatic carbocycles. The maximum absolute atomic E-state index is 12.7. The van der Waals surface area contributed by atoms with Gasteiger partial charge in [-0.15, -0.1) is 0 Å². The second-order valence-electron chi connectivity index (χ2n) is 7.44. The Labute approximate surface area is 172 Å². The van der Waals surface area contributed by atoms with Crippen molar-refractivity contribution in [2.24, 2.45) is 0 Å². The van der Waals surface area contributed by atoms with Crippen LogP contribution in [0, 0.1) is 10.1 Å². The van der Waals surface area contributed by atoms with Gasteiger partial charge in [0.15, 0.2) is 5.78 Å². The van der Waals surface area contributed by atoms with Crippen LogP contribution in [-0.4, -0.2) is 47.3 Å². The molecule has 1 amide bonds. The molecule has 0 radical (unpaired) electrons. The summed E-state index contributed by atoms with van der Waals surface area (Å²) in [5.41, 5.74) is 0.477. The molecule has 8 nitrogen and oxygen atoms in total. The molecule has 154 valence electrons. The zero-order chi connectivity index (χ0) is 21.3. The monoisotopic (exact) mass is 408 g/mol. The summed E-state index contributed by atoms with van der Waals surface area (Å²) in [6.45, 7) is 0.815. The Balaban J connectivity index is 1.44. The number of benzene rings is 2. The van der Waals surface area contributed by atoms with Gasteiger partial charge in [-0.3, -0.25) is 19.7 Å². The van der Waals surface area contributed by atoms with Gasteiger partial charge >= 0.3 is 0 Å². The molecule has 1 unspecified atom stereocenters. The van der Waals surface area contributed by atoms with Crippen LogP contribution in [0.1, 0.15) is 28.8 Å². The average Bonchev–Trinajstić information content (AvgIpc) is 3.15. The standard InChI is InChI=1S/C22H20N2O6/c1-29-17-7-8-20-18(12-17)19(25)13-22(30-20)10-11-23(14-22)21(26)9-4-15-2-5-16(6-3-15)24(27)28/h2-9,12H,10-11,13-14H2,1H3/b9-4+. The van der Waals surface area contributed by atoms with E-state index in [-0.39, 0.29) is 23.8 Å². The minimum Gasteiger partial charge on any atom is -0.497 e. The minimum atomic E-state index is -0.713. The van der Waals surface area contributed by atoms with Crippen molar-refractivity contribution in [3.05, 3.63) is 69.8 Å². The van der Waals surface area contributed by atoms with Crippen LogP contribution in [0.25, 0.3) is 6.08 Å². The topological polar surface area (TPSA) is 99.0 Å². The Morgan fingerprint density at radius 1 is 1.27 bits per heavy atom. The predicted molar refractivity (Wildman–Crippen MR) is 109 cm³/mol. The van der Waals surface area contributed by atoms with Crippen LogP contribution in [-0.2, 0) is 4.79 Å². The van der Waals surface area contributed by atoms with Crippen LogP contribution in [0.2, 0.25) is 0 Å². The number of methoxy groups -OCH3 is 1. The molecule has 1 fully saturated rings. The SMILES string of the molecule is COc1ccc2c(c1)C(=O)CC1(CCN(C(=O)/C=C/c3ccc([N+](=O)[O-])cc3)C1)O2. The first-order chi connectivity index (χ1) is 14.4. The van der Waals surface area contributed by atoms with E-state index >= 15 is 0 Å². The molecular weight excluding hydrogens is 388 g/mol. The van der Waals surface area contributed by atoms with E-state index in [9.17, 15) is 19.7 Å². The maximum atomic E-state index is 12.7. The lowest BCUT2D eigenvalue weighted by Crippen LogP contribution is -2.45. The average molecular weight is 408 g/mol. The number of ketones is 1. The number of ether oxygens (including phenoxy) is 2. The number of nitro groups is 1. The van der Waals surface area contributed by atoms with E-state index in [2.05, 4.69) is 0 Å². The van der Waals surface area contributed by atoms with Gasteiger partial charge < -0.3 is 14.4 Å². The smallest absolute Gasteiger partial charge is 0.269 e. The minimum absolute atomic E-state index is 0.00280. The lowest BCUT2D eigenvalue weighted by atomic mass is 9.89. The number of nitrogens with zero attached hydrogens (tertiary/aromatic N) is 2. The third-order valence-corrected chi connectivity index (χ3v) is 5.45. The highest BCUT2D eigenvalue weighted by Crippen LogP contribution is 2.40. The number of rotatable bonds is 4. The molecule has 0 saturated carbocycles. The van der Waals surface area contributed by atoms with Crippen molar-refractivity contribution in [2.45, 2.75) is 18.4 Å². The Hall–Kier alpha value is -3.68. The number of carbonyl (C=O) groups excluding carboxylic acids is 2. The molecule has 1 spiro atoms. The maximum Gasteiger partial charge on any atom is 0.269 e. The van der Waals surface area contributed by atoms with Gasteiger partial charge in [-0.25, -0.2) is 0 Å². The van der Waals surface area contributed by atoms with Crippen LogP contribution >= 0.6 is 0 Å². The number of hydrogen-bond donors (Lipinski definition) is 0. The molecule has 30 heavy (non-hydrogen) atoms. The van der Waals surface area contributed by atoms with E-state index in [1.165, 1.54) is 18.2 Å². The van der Waals surface area contributed by atoms with Crippen molar-refractivity contribution < 1.29 is 24.0 Å². The van der Waals surface area contributed by atoms with Crippen molar-refractivity contribution >= 4 is 23.5 Å². The van der Waals surface area contributed by atoms with Gasteiger partial charge in [0.2, 0.25) is 5.91 Å². The summed E-state index contributed by atoms with van der Waals surface area (Å²) in [5.74, 6) is 0.900. The summed E-state index contributed by atoms with van der Waals surface area (Å²) in [6.07, 6.45) is 3.83. The van der Waals surface area contributed by atoms with Crippen LogP contribution in [0.4, 0.5) is 5.69 Å². The van der Waals surface area contributed by atoms with E-state index in [4.69, 9.17) is 9.47 Å². The quantitative estimate of drug-likeness (QED) is 0.437. The highest BCUT2D eigenvalue weighted by molar-refractivity contribution is 6.01. The van der Waals surface area contributed by atoms with Crippen molar-refractivity contribution in [1.29, 1.82) is 0 Å². The highest BCUT2D eigenvalue weighted by Gasteiger charge is 2.46. The van der Waals surface area contributed by atoms with Gasteiger partial charge in [-0.05, 0) is 42.0 Å². The predicted octanol–water partition coefficient (Wildman–Crippen LogP) is 3.25. The van der Waals surface area contributed by atoms with Crippen molar-refractivity contribution in [1.82, 2.24) is 4.90 Å². The van der Waals surface area contributed by atoms with E-state index in [0.29, 0.717) is 42.1 Å². The summed E-state index contributed by atoms with van der Waals surface area (Å²) < 4.78 is 11.3. The molecule has 2 aliphatic heterocycles. The van der Waals surface area contributed by atoms with Crippen LogP contribution in [0.3, 0.4) is 0 Å². The van der Waals surface area contributed by atoms with Gasteiger partial charge in [0.05, 0.1) is 30.6 Å². The fraction of sp³-hybridized carbons (Fsp3) is 0.273. The van der Waals surface area contributed by atoms with Crippen molar-refractivity contribution in [2.75, 3.05) is 20.2 Å². The van der Waals surface area contributed by atoms with E-state index < -0.39 is 10.5 Å². The van der Waals surface area contributed by atoms with E-state index in [1.54, 1.807) is 48.4 Å². The van der Waals surface area contributed by atoms with Crippen LogP contribution in [0.15, 0.2) is 48.5 Å². The van der Waals surface area contributed by atoms with Gasteiger partial charge in [-0.2, -0.15) is 0 Å². The van der Waals surface area contributed by atoms with Crippen LogP contribution in [0.5, 0.6) is 11.5 Å². The summed E-state index contributed by atoms with van der Waals surface area (Å²) in [7, 11) is 1.54. The summed E-state index contributed by atoms with van der Waals surface area (Å²) in [6, 6.07) is 11.1. The first kappa shape index (κ1) is 19.6. The molecule has 0 aliphatic carbocycles. The summed E-state index contributed by atoms with van der Waals surface area (Å²) in [5, 5.41) is 10.7. The van der Waals surface area contributed by atoms with Gasteiger partial charge in [0.1, 0.15) is 17.1 Å². The molecule has 8 heteroatoms. The van der Waals surface area contributed by atoms with Gasteiger partial charge in [0, 0.05) is 31.2 Å². The number of Topliss-reactive ketones (excluding diaryl/α,β-unsaturated/α-hetero) is 1. The molecule has 1 atom stereocenters. The number of non-ortho nitro benzene ring substituents is 1. The summed E-state index contributed by atoms with van der Waals surface area (Å²) >= 11 is 0. The molecule has 0 bridgehead atoms. The second kappa shape index (κ2) is 7.62. The van der Waals surface area contributed by atoms with Crippen LogP contribution < -0.4 is 9.47 Å². The Morgan fingerprint density at radius 3 is 2.73 bits per heavy atom. The molecular formula is C22H20N2O6. The zero-order valence-corrected chi connectivity index (χ0v) is 16.4. The summed E-state index contributed by atoms with van der Waals surface area (Å²) in [4.78, 5) is 37.2. The Kier molecular flexibility index (Phi) is 4.99. The number of nitro benzene ring substituents is 1. The fourth-order valence-corrected chi connectivity index (χ4v) is 3.84. The zero-order valence-electron chi connectivity index (χ0n) is 16.4. The fourth-order valence-electron chi connectivity index (χ4n) is 3.84. The molecule has 0 N–H and O–H groups in total. The highest BCUT2D eigenvalue weighted by atomic mass is 16.6. The lowest BCUT2D eigenvalue weighted by Gasteiger charge is -2.34. The number of carbonyl (C=O) groups is 2. The molecule has 4 rings (SSSR count). The molecule has 2 aliphatic rings. The largest absolute Gasteiger partial charge is 0.497 e. The molecule has 0 aromatic heterocycles. The Bertz CT molecular complexity index is 1050. The number of fused-ring (bicyclic) bond motifs is 1. The number of amides is 1. The van der Waals surface area contributed by atoms with E-state index in [0.717, 1.165) is 0 Å². The van der Waals surface area contributed by atoms with Crippen molar-refractivity contribution in [3.63, 3.8) is 0 Å². The molecule has 1 saturated heterocycles. The molecule has 2 aromatic rings. The third-order valence-electron chi connectivity index (χ3n) is 5.45. The first-order valence-corrected chi connectivity index (χ1v) is 9.51. The normalized spacial score (nSPS) is 20.3. The van der Waals surface area contributed by atoms with E-state index in [1.807, 2.05) is 0 Å². The van der Waals surface area contributed by atoms with Gasteiger partial charge in [-0.1, -0.05) is 0 Å². The third kappa shape index (κ3) is 3.76. The Morgan fingerprint density at radius 2 is 2.03 bits per heavy atom. The second-order valence-corrected chi connectivity index (χ2v) is 7.44. The van der Waals surface area contributed by atoms with Gasteiger partial charge in [0.25, 0.3) is 5.69 Å². The number of likely N-dealkylation sites (tertiary alicyclic amines) is 1. The lowest BCUT2D eigenvalue weighted by molar-refractivity contribution is -0.384.